The van der Waals surface area contributed by atoms with Crippen LogP contribution < -0.4 is 16.6 Å². The van der Waals surface area contributed by atoms with Gasteiger partial charge in [0, 0.05) is 67.3 Å². The molecule has 0 aliphatic carbocycles. The van der Waals surface area contributed by atoms with Gasteiger partial charge in [0.1, 0.15) is 11.9 Å². The largest absolute Gasteiger partial charge is 0.480 e. The quantitative estimate of drug-likeness (QED) is 0.0528. The molecule has 2 aromatic carbocycles. The molecule has 0 atom stereocenters. The van der Waals surface area contributed by atoms with E-state index < -0.39 is 37.3 Å². The van der Waals surface area contributed by atoms with Gasteiger partial charge in [0.15, 0.2) is 5.03 Å². The number of benzene rings is 2. The third-order valence-electron chi connectivity index (χ3n) is 8.62. The number of rotatable bonds is 8. The molecule has 7 heterocycles. The van der Waals surface area contributed by atoms with Crippen molar-refractivity contribution in [2.75, 3.05) is 13.6 Å². The van der Waals surface area contributed by atoms with Crippen molar-refractivity contribution in [2.45, 2.75) is 31.9 Å². The summed E-state index contributed by atoms with van der Waals surface area (Å²) >= 11 is 0. The van der Waals surface area contributed by atoms with Gasteiger partial charge in [-0.1, -0.05) is 85.7 Å². The van der Waals surface area contributed by atoms with Gasteiger partial charge in [0.2, 0.25) is 8.32 Å². The summed E-state index contributed by atoms with van der Waals surface area (Å²) in [5, 5.41) is 35.9. The number of carbonyl (C=O) groups is 2. The molecular weight excluding hydrogens is 994 g/mol. The molecule has 0 saturated heterocycles. The number of pyridine rings is 5. The summed E-state index contributed by atoms with van der Waals surface area (Å²) in [7, 11) is -4.85. The van der Waals surface area contributed by atoms with Crippen LogP contribution in [0.15, 0.2) is 217 Å². The summed E-state index contributed by atoms with van der Waals surface area (Å²) in [5.74, 6) is -1.97. The van der Waals surface area contributed by atoms with Crippen molar-refractivity contribution in [3.63, 3.8) is 0 Å². The Morgan fingerprint density at radius 3 is 1.53 bits per heavy atom. The zero-order valence-corrected chi connectivity index (χ0v) is 43.7. The summed E-state index contributed by atoms with van der Waals surface area (Å²) in [6.45, 7) is 6.65. The Bertz CT molecular complexity index is 2990. The minimum absolute atomic E-state index is 0.278. The maximum absolute atomic E-state index is 10.3. The summed E-state index contributed by atoms with van der Waals surface area (Å²) < 4.78 is 30.9. The van der Waals surface area contributed by atoms with Crippen LogP contribution in [0.2, 0.25) is 19.9 Å². The van der Waals surface area contributed by atoms with Gasteiger partial charge in [-0.2, -0.15) is 18.6 Å². The van der Waals surface area contributed by atoms with Crippen LogP contribution in [0.1, 0.15) is 5.69 Å². The molecular formula is C52H60BN11O9SSi. The molecule has 9 rings (SSSR count). The average molecular weight is 1050 g/mol. The number of nitrogens with two attached hydrogens (primary N) is 1. The molecule has 0 aliphatic rings. The molecule has 7 aromatic heterocycles. The lowest BCUT2D eigenvalue weighted by Gasteiger charge is -2.11. The predicted octanol–water partition coefficient (Wildman–Crippen LogP) is 5.92. The minimum Gasteiger partial charge on any atom is -0.480 e. The predicted molar refractivity (Wildman–Crippen MR) is 294 cm³/mol. The van der Waals surface area contributed by atoms with E-state index in [1.54, 1.807) is 43.7 Å². The normalized spacial score (nSPS) is 9.99. The molecule has 0 bridgehead atoms. The van der Waals surface area contributed by atoms with E-state index >= 15 is 0 Å². The van der Waals surface area contributed by atoms with Crippen LogP contribution in [0.25, 0.3) is 28.3 Å². The van der Waals surface area contributed by atoms with Crippen LogP contribution in [0.5, 0.6) is 0 Å². The zero-order chi connectivity index (χ0) is 55.3. The van der Waals surface area contributed by atoms with E-state index in [1.807, 2.05) is 164 Å². The van der Waals surface area contributed by atoms with Crippen LogP contribution in [0.3, 0.4) is 0 Å². The Hall–Kier alpha value is -8.71. The fraction of sp³-hybridized carbons (Fsp3) is 0.115. The summed E-state index contributed by atoms with van der Waals surface area (Å²) in [5.41, 5.74) is 11.4. The van der Waals surface area contributed by atoms with Crippen molar-refractivity contribution >= 4 is 54.4 Å². The van der Waals surface area contributed by atoms with Crippen molar-refractivity contribution < 1.29 is 42.6 Å². The summed E-state index contributed by atoms with van der Waals surface area (Å²) in [4.78, 5) is 51.3. The van der Waals surface area contributed by atoms with Crippen molar-refractivity contribution in [1.29, 1.82) is 0 Å². The Balaban J connectivity index is 0.000000297. The number of aromatic amines is 1. The van der Waals surface area contributed by atoms with E-state index in [0.29, 0.717) is 0 Å². The lowest BCUT2D eigenvalue weighted by molar-refractivity contribution is -0.135. The molecule has 20 nitrogen and oxygen atoms in total. The lowest BCUT2D eigenvalue weighted by atomic mass is 9.68. The molecule has 0 amide bonds. The number of carboxylic acid groups (broad SMARTS) is 2. The molecule has 0 fully saturated rings. The molecule has 0 aliphatic heterocycles. The molecule has 390 valence electrons. The highest BCUT2D eigenvalue weighted by Gasteiger charge is 2.20. The first kappa shape index (κ1) is 62.4. The molecule has 0 radical (unpaired) electrons. The SMILES string of the molecule is CB(O)c1ccccn1.CN=CC(=O)O.C[Si](C)(O)c1ccccn1.Cc1cc(-c2ccccn2)n[nH]1.NCC(=O)O.O=S(=O)(O)c1ccccn1.c1ccc(-c2ccccn2)cc1.c1ccc(-n2cccn2)cc1. The maximum Gasteiger partial charge on any atom is 0.346 e. The molecule has 0 unspecified atom stereocenters. The van der Waals surface area contributed by atoms with Crippen molar-refractivity contribution in [1.82, 2.24) is 44.9 Å². The van der Waals surface area contributed by atoms with E-state index in [-0.39, 0.29) is 11.6 Å². The van der Waals surface area contributed by atoms with E-state index in [2.05, 4.69) is 63.1 Å². The van der Waals surface area contributed by atoms with Crippen LogP contribution in [0.4, 0.5) is 0 Å². The van der Waals surface area contributed by atoms with Crippen LogP contribution in [-0.2, 0) is 19.7 Å². The molecule has 8 N–H and O–H groups in total. The highest BCUT2D eigenvalue weighted by Crippen LogP contribution is 2.15. The van der Waals surface area contributed by atoms with Gasteiger partial charge in [-0.3, -0.25) is 39.4 Å². The first-order chi connectivity index (χ1) is 35.8. The van der Waals surface area contributed by atoms with E-state index in [0.717, 1.165) is 51.2 Å². The van der Waals surface area contributed by atoms with Gasteiger partial charge in [-0.25, -0.2) is 14.5 Å². The molecule has 75 heavy (non-hydrogen) atoms. The van der Waals surface area contributed by atoms with Crippen LogP contribution in [-0.4, -0.2) is 125 Å². The molecule has 0 saturated carbocycles. The number of aliphatic carboxylic acids is 2. The van der Waals surface area contributed by atoms with Crippen molar-refractivity contribution in [3.8, 4) is 28.3 Å². The second-order valence-corrected chi connectivity index (χ2v) is 20.2. The van der Waals surface area contributed by atoms with E-state index in [1.165, 1.54) is 25.4 Å². The van der Waals surface area contributed by atoms with Crippen LogP contribution in [0, 0.1) is 6.92 Å². The van der Waals surface area contributed by atoms with Crippen molar-refractivity contribution in [3.05, 3.63) is 213 Å². The highest BCUT2D eigenvalue weighted by atomic mass is 32.2. The highest BCUT2D eigenvalue weighted by molar-refractivity contribution is 7.85. The van der Waals surface area contributed by atoms with Gasteiger partial charge in [0.25, 0.3) is 0 Å². The molecule has 23 heteroatoms. The monoisotopic (exact) mass is 1050 g/mol. The second-order valence-electron chi connectivity index (χ2n) is 15.2. The standard InChI is InChI=1S/C11H9N.C9H9N3.C9H8N2.C7H11NOSi.C6H8BNO.C5H5NO3S.C3H5NO2.C2H5NO2/c1-2-6-10(7-3-1)11-8-4-5-9-12-11;1-7-6-9(12-11-7)8-4-2-3-5-10-8;1-2-5-9(6-3-1)11-8-4-7-10-11;1-10(2,9)7-5-3-4-6-8-7;1-7(9)6-4-2-3-5-8-6;7-10(8,9)5-3-1-2-4-6-5;1-4-2-3(5)6;3-1-2(4)5/h1-9H;2-6H,1H3,(H,11,12);1-8H;3-6,9H,1-2H3;2-5,9H,1H3;1-4H,(H,7,8,9);2H,1H3,(H,5,6);1,3H2,(H,4,5). The number of aryl methyl sites for hydroxylation is 1. The van der Waals surface area contributed by atoms with Gasteiger partial charge in [-0.05, 0) is 105 Å². The fourth-order valence-electron chi connectivity index (χ4n) is 5.17. The number of nitrogens with zero attached hydrogens (tertiary/aromatic N) is 9. The van der Waals surface area contributed by atoms with Gasteiger partial charge >= 0.3 is 29.0 Å². The molecule has 9 aromatic rings. The Morgan fingerprint density at radius 2 is 1.20 bits per heavy atom. The topological polar surface area (TPSA) is 319 Å². The first-order valence-corrected chi connectivity index (χ1v) is 26.9. The van der Waals surface area contributed by atoms with Crippen LogP contribution >= 0.6 is 0 Å². The van der Waals surface area contributed by atoms with Gasteiger partial charge in [-0.15, -0.1) is 0 Å². The Morgan fingerprint density at radius 1 is 0.693 bits per heavy atom. The van der Waals surface area contributed by atoms with Gasteiger partial charge < -0.3 is 25.8 Å². The van der Waals surface area contributed by atoms with E-state index in [9.17, 15) is 22.8 Å². The summed E-state index contributed by atoms with van der Waals surface area (Å²) in [6, 6.07) is 51.1. The zero-order valence-electron chi connectivity index (χ0n) is 41.9. The second kappa shape index (κ2) is 35.4. The molecule has 0 spiro atoms. The number of aromatic nitrogens is 9. The Kier molecular flexibility index (Phi) is 29.5. The lowest BCUT2D eigenvalue weighted by Crippen LogP contribution is -2.43. The number of H-pyrrole nitrogens is 1. The number of carboxylic acids is 2. The number of hydrogen-bond donors (Lipinski definition) is 7. The third kappa shape index (κ3) is 28.2. The Labute approximate surface area is 437 Å². The minimum atomic E-state index is -4.11. The summed E-state index contributed by atoms with van der Waals surface area (Å²) in [6.07, 6.45) is 12.8. The average Bonchev–Trinajstić information content (AvgIpc) is 4.14. The van der Waals surface area contributed by atoms with E-state index in [4.69, 9.17) is 19.8 Å². The maximum atomic E-state index is 10.3. The smallest absolute Gasteiger partial charge is 0.346 e. The first-order valence-electron chi connectivity index (χ1n) is 22.5. The number of aliphatic imine (C=N–C) groups is 1. The van der Waals surface area contributed by atoms with Crippen molar-refractivity contribution in [2.24, 2.45) is 10.7 Å². The number of hydrogen-bond acceptors (Lipinski definition) is 15. The number of para-hydroxylation sites is 1. The fourth-order valence-corrected chi connectivity index (χ4v) is 6.51. The third-order valence-corrected chi connectivity index (χ3v) is 10.9. The number of nitrogens with one attached hydrogen (secondary N) is 1. The van der Waals surface area contributed by atoms with Gasteiger partial charge in [0.05, 0.1) is 28.9 Å².